The number of nitrogens with zero attached hydrogens (tertiary/aromatic N) is 4. The van der Waals surface area contributed by atoms with E-state index < -0.39 is 0 Å². The van der Waals surface area contributed by atoms with Crippen LogP contribution < -0.4 is 15.5 Å². The summed E-state index contributed by atoms with van der Waals surface area (Å²) in [6.45, 7) is 6.46. The van der Waals surface area contributed by atoms with Gasteiger partial charge < -0.3 is 20.4 Å². The normalized spacial score (nSPS) is 15.9. The lowest BCUT2D eigenvalue weighted by molar-refractivity contribution is -0.118. The number of carbonyl (C=O) groups excluding carboxylic acids is 2. The summed E-state index contributed by atoms with van der Waals surface area (Å²) >= 11 is 13.5. The molecule has 1 fully saturated rings. The molecule has 1 aromatic heterocycles. The maximum absolute atomic E-state index is 12.7. The summed E-state index contributed by atoms with van der Waals surface area (Å²) in [5, 5.41) is 7.12. The number of thioether (sulfide) groups is 1. The van der Waals surface area contributed by atoms with Gasteiger partial charge >= 0.3 is 6.03 Å². The lowest BCUT2D eigenvalue weighted by atomic mass is 10.2. The van der Waals surface area contributed by atoms with Gasteiger partial charge in [-0.25, -0.2) is 14.8 Å². The average Bonchev–Trinajstić information content (AvgIpc) is 2.77. The summed E-state index contributed by atoms with van der Waals surface area (Å²) in [6, 6.07) is 8.56. The molecule has 1 aliphatic heterocycles. The molecular weight excluding hydrogens is 483 g/mol. The summed E-state index contributed by atoms with van der Waals surface area (Å²) < 4.78 is 0. The zero-order valence-electron chi connectivity index (χ0n) is 18.7. The van der Waals surface area contributed by atoms with Gasteiger partial charge in [0.25, 0.3) is 0 Å². The van der Waals surface area contributed by atoms with E-state index in [1.54, 1.807) is 35.2 Å². The quantitative estimate of drug-likeness (QED) is 0.234. The second-order valence-corrected chi connectivity index (χ2v) is 9.52. The number of hydrogen-bond acceptors (Lipinski definition) is 6. The van der Waals surface area contributed by atoms with Crippen LogP contribution >= 0.6 is 35.0 Å². The molecule has 0 radical (unpaired) electrons. The van der Waals surface area contributed by atoms with E-state index in [9.17, 15) is 9.59 Å². The number of hydrogen-bond donors (Lipinski definition) is 2. The molecule has 1 aromatic carbocycles. The molecule has 0 bridgehead atoms. The molecule has 11 heteroatoms. The first-order valence-electron chi connectivity index (χ1n) is 10.9. The Labute approximate surface area is 208 Å². The van der Waals surface area contributed by atoms with Gasteiger partial charge in [0.05, 0.1) is 5.75 Å². The molecule has 178 valence electrons. The predicted octanol–water partition coefficient (Wildman–Crippen LogP) is 4.53. The Morgan fingerprint density at radius 1 is 1.21 bits per heavy atom. The van der Waals surface area contributed by atoms with Crippen LogP contribution in [-0.2, 0) is 4.79 Å². The summed E-state index contributed by atoms with van der Waals surface area (Å²) in [5.41, 5.74) is 0.658. The van der Waals surface area contributed by atoms with Crippen molar-refractivity contribution in [3.8, 4) is 0 Å². The third kappa shape index (κ3) is 7.65. The lowest BCUT2D eigenvalue weighted by Gasteiger charge is -2.40. The fourth-order valence-electron chi connectivity index (χ4n) is 3.43. The maximum Gasteiger partial charge on any atom is 0.322 e. The molecule has 0 saturated carbocycles. The molecule has 0 spiro atoms. The standard InChI is InChI=1S/C22H28Cl2N6O2S/c1-3-4-8-25-20(31)14-33-21-27-18(24)12-19(28-21)29-9-10-30(15(2)13-29)22(32)26-17-7-5-6-16(23)11-17/h5-7,11-12,15H,3-4,8-10,13-14H2,1-2H3,(H,25,31)(H,26,32). The van der Waals surface area contributed by atoms with Crippen LogP contribution in [0.2, 0.25) is 10.2 Å². The van der Waals surface area contributed by atoms with Crippen molar-refractivity contribution >= 4 is 58.4 Å². The van der Waals surface area contributed by atoms with Crippen molar-refractivity contribution in [2.45, 2.75) is 37.9 Å². The fourth-order valence-corrected chi connectivity index (χ4v) is 4.53. The van der Waals surface area contributed by atoms with Crippen molar-refractivity contribution in [2.75, 3.05) is 42.1 Å². The van der Waals surface area contributed by atoms with Gasteiger partial charge in [0, 0.05) is 49.0 Å². The minimum atomic E-state index is -0.171. The van der Waals surface area contributed by atoms with Gasteiger partial charge in [0.15, 0.2) is 5.16 Å². The molecule has 1 aliphatic rings. The van der Waals surface area contributed by atoms with Crippen molar-refractivity contribution in [3.05, 3.63) is 40.5 Å². The molecule has 3 amide bonds. The van der Waals surface area contributed by atoms with Crippen LogP contribution in [0.25, 0.3) is 0 Å². The highest BCUT2D eigenvalue weighted by atomic mass is 35.5. The number of halogens is 2. The molecule has 1 atom stereocenters. The maximum atomic E-state index is 12.7. The number of unbranched alkanes of at least 4 members (excludes halogenated alkanes) is 1. The summed E-state index contributed by atoms with van der Waals surface area (Å²) in [7, 11) is 0. The van der Waals surface area contributed by atoms with Gasteiger partial charge in [-0.15, -0.1) is 0 Å². The van der Waals surface area contributed by atoms with E-state index in [0.717, 1.165) is 12.8 Å². The molecule has 1 saturated heterocycles. The minimum Gasteiger partial charge on any atom is -0.355 e. The van der Waals surface area contributed by atoms with Crippen molar-refractivity contribution in [3.63, 3.8) is 0 Å². The number of benzene rings is 1. The molecule has 8 nitrogen and oxygen atoms in total. The zero-order valence-corrected chi connectivity index (χ0v) is 21.0. The highest BCUT2D eigenvalue weighted by Gasteiger charge is 2.28. The topological polar surface area (TPSA) is 90.5 Å². The fraction of sp³-hybridized carbons (Fsp3) is 0.455. The largest absolute Gasteiger partial charge is 0.355 e. The van der Waals surface area contributed by atoms with Crippen LogP contribution in [0, 0.1) is 0 Å². The first-order valence-corrected chi connectivity index (χ1v) is 12.6. The van der Waals surface area contributed by atoms with Crippen molar-refractivity contribution in [1.82, 2.24) is 20.2 Å². The summed E-state index contributed by atoms with van der Waals surface area (Å²) in [5.74, 6) is 0.870. The van der Waals surface area contributed by atoms with Crippen LogP contribution in [0.3, 0.4) is 0 Å². The Balaban J connectivity index is 1.57. The van der Waals surface area contributed by atoms with E-state index in [2.05, 4.69) is 32.4 Å². The number of nitrogens with one attached hydrogen (secondary N) is 2. The van der Waals surface area contributed by atoms with Crippen molar-refractivity contribution < 1.29 is 9.59 Å². The first-order chi connectivity index (χ1) is 15.9. The van der Waals surface area contributed by atoms with E-state index in [1.807, 2.05) is 6.92 Å². The van der Waals surface area contributed by atoms with E-state index in [1.165, 1.54) is 11.8 Å². The third-order valence-electron chi connectivity index (χ3n) is 5.13. The first kappa shape index (κ1) is 25.4. The van der Waals surface area contributed by atoms with Crippen LogP contribution in [0.4, 0.5) is 16.3 Å². The van der Waals surface area contributed by atoms with Gasteiger partial charge in [0.2, 0.25) is 5.91 Å². The number of carbonyl (C=O) groups is 2. The molecule has 2 N–H and O–H groups in total. The van der Waals surface area contributed by atoms with Crippen molar-refractivity contribution in [1.29, 1.82) is 0 Å². The van der Waals surface area contributed by atoms with Crippen LogP contribution in [0.5, 0.6) is 0 Å². The van der Waals surface area contributed by atoms with E-state index >= 15 is 0 Å². The Kier molecular flexibility index (Phi) is 9.46. The van der Waals surface area contributed by atoms with Crippen LogP contribution in [-0.4, -0.2) is 64.8 Å². The van der Waals surface area contributed by atoms with Gasteiger partial charge in [0.1, 0.15) is 11.0 Å². The second-order valence-electron chi connectivity index (χ2n) is 7.75. The van der Waals surface area contributed by atoms with Crippen LogP contribution in [0.1, 0.15) is 26.7 Å². The van der Waals surface area contributed by atoms with Gasteiger partial charge in [-0.05, 0) is 31.5 Å². The average molecular weight is 511 g/mol. The lowest BCUT2D eigenvalue weighted by Crippen LogP contribution is -2.55. The van der Waals surface area contributed by atoms with Gasteiger partial charge in [-0.1, -0.05) is 54.4 Å². The molecule has 0 aliphatic carbocycles. The van der Waals surface area contributed by atoms with Crippen molar-refractivity contribution in [2.24, 2.45) is 0 Å². The second kappa shape index (κ2) is 12.3. The highest BCUT2D eigenvalue weighted by Crippen LogP contribution is 2.24. The molecule has 1 unspecified atom stereocenters. The Morgan fingerprint density at radius 2 is 2.03 bits per heavy atom. The van der Waals surface area contributed by atoms with E-state index in [4.69, 9.17) is 23.2 Å². The number of amides is 3. The summed E-state index contributed by atoms with van der Waals surface area (Å²) in [4.78, 5) is 37.4. The number of piperazine rings is 1. The molecule has 2 aromatic rings. The molecular formula is C22H28Cl2N6O2S. The van der Waals surface area contributed by atoms with E-state index in [-0.39, 0.29) is 23.7 Å². The number of anilines is 2. The Bertz CT molecular complexity index is 980. The SMILES string of the molecule is CCCCNC(=O)CSc1nc(Cl)cc(N2CCN(C(=O)Nc3cccc(Cl)c3)C(C)C2)n1. The number of aromatic nitrogens is 2. The van der Waals surface area contributed by atoms with Gasteiger partial charge in [-0.3, -0.25) is 4.79 Å². The van der Waals surface area contributed by atoms with E-state index in [0.29, 0.717) is 53.0 Å². The number of urea groups is 1. The summed E-state index contributed by atoms with van der Waals surface area (Å²) in [6.07, 6.45) is 1.98. The van der Waals surface area contributed by atoms with Crippen LogP contribution in [0.15, 0.2) is 35.5 Å². The number of rotatable bonds is 8. The van der Waals surface area contributed by atoms with Gasteiger partial charge in [-0.2, -0.15) is 0 Å². The Hall–Kier alpha value is -2.23. The minimum absolute atomic E-state index is 0.0490. The predicted molar refractivity (Wildman–Crippen MR) is 135 cm³/mol. The molecule has 33 heavy (non-hydrogen) atoms. The monoisotopic (exact) mass is 510 g/mol. The third-order valence-corrected chi connectivity index (χ3v) is 6.41. The smallest absolute Gasteiger partial charge is 0.322 e. The molecule has 3 rings (SSSR count). The molecule has 2 heterocycles. The highest BCUT2D eigenvalue weighted by molar-refractivity contribution is 7.99. The zero-order chi connectivity index (χ0) is 23.8. The Morgan fingerprint density at radius 3 is 2.76 bits per heavy atom.